The van der Waals surface area contributed by atoms with Gasteiger partial charge >= 0.3 is 0 Å². The molecular formula is C32H48O3S. The van der Waals surface area contributed by atoms with Crippen LogP contribution in [0.5, 0.6) is 0 Å². The van der Waals surface area contributed by atoms with E-state index in [2.05, 4.69) is 52.0 Å². The van der Waals surface area contributed by atoms with Gasteiger partial charge < -0.3 is 5.11 Å². The monoisotopic (exact) mass is 512 g/mol. The van der Waals surface area contributed by atoms with Gasteiger partial charge in [0.25, 0.3) is 0 Å². The van der Waals surface area contributed by atoms with Gasteiger partial charge in [-0.2, -0.15) is 0 Å². The van der Waals surface area contributed by atoms with Gasteiger partial charge in [-0.1, -0.05) is 75.9 Å². The zero-order valence-corrected chi connectivity index (χ0v) is 24.4. The smallest absolute Gasteiger partial charge is 0.185 e. The fourth-order valence-corrected chi connectivity index (χ4v) is 5.79. The molecule has 0 saturated heterocycles. The van der Waals surface area contributed by atoms with E-state index < -0.39 is 15.1 Å². The molecule has 3 nitrogen and oxygen atoms in total. The lowest BCUT2D eigenvalue weighted by Crippen LogP contribution is -2.22. The van der Waals surface area contributed by atoms with Crippen LogP contribution < -0.4 is 0 Å². The maximum Gasteiger partial charge on any atom is 0.185 e. The Bertz CT molecular complexity index is 1060. The second-order valence-electron chi connectivity index (χ2n) is 10.3. The predicted octanol–water partition coefficient (Wildman–Crippen LogP) is 8.61. The summed E-state index contributed by atoms with van der Waals surface area (Å²) in [6.07, 6.45) is 16.6. The number of sulfone groups is 1. The molecule has 1 aromatic carbocycles. The van der Waals surface area contributed by atoms with Crippen molar-refractivity contribution in [3.05, 3.63) is 88.1 Å². The van der Waals surface area contributed by atoms with Crippen LogP contribution >= 0.6 is 0 Å². The van der Waals surface area contributed by atoms with Gasteiger partial charge in [-0.05, 0) is 106 Å². The van der Waals surface area contributed by atoms with Gasteiger partial charge in [0.15, 0.2) is 9.84 Å². The molecule has 0 amide bonds. The quantitative estimate of drug-likeness (QED) is 0.239. The van der Waals surface area contributed by atoms with Crippen molar-refractivity contribution in [3.8, 4) is 0 Å². The van der Waals surface area contributed by atoms with Crippen LogP contribution in [0, 0.1) is 6.92 Å². The number of aryl methyl sites for hydroxylation is 1. The summed E-state index contributed by atoms with van der Waals surface area (Å²) in [5.74, 6) is 0. The summed E-state index contributed by atoms with van der Waals surface area (Å²) < 4.78 is 27.3. The lowest BCUT2D eigenvalue weighted by molar-refractivity contribution is 0.341. The third-order valence-corrected chi connectivity index (χ3v) is 8.72. The van der Waals surface area contributed by atoms with Crippen LogP contribution in [0.1, 0.15) is 92.1 Å². The Morgan fingerprint density at radius 3 is 1.81 bits per heavy atom. The minimum Gasteiger partial charge on any atom is -0.392 e. The molecule has 1 unspecified atom stereocenters. The Hall–Kier alpha value is -2.17. The van der Waals surface area contributed by atoms with E-state index in [4.69, 9.17) is 5.11 Å². The van der Waals surface area contributed by atoms with E-state index in [1.807, 2.05) is 39.0 Å². The van der Waals surface area contributed by atoms with Crippen LogP contribution in [0.2, 0.25) is 0 Å². The van der Waals surface area contributed by atoms with Gasteiger partial charge in [-0.3, -0.25) is 0 Å². The van der Waals surface area contributed by atoms with Crippen molar-refractivity contribution in [1.82, 2.24) is 0 Å². The molecule has 4 heteroatoms. The Morgan fingerprint density at radius 1 is 0.750 bits per heavy atom. The molecule has 0 bridgehead atoms. The summed E-state index contributed by atoms with van der Waals surface area (Å²) in [6, 6.07) is 7.21. The average Bonchev–Trinajstić information content (AvgIpc) is 2.79. The molecule has 36 heavy (non-hydrogen) atoms. The third kappa shape index (κ3) is 12.2. The Labute approximate surface area is 221 Å². The number of allylic oxidation sites excluding steroid dienone is 8. The lowest BCUT2D eigenvalue weighted by atomic mass is 10.0. The van der Waals surface area contributed by atoms with E-state index in [-0.39, 0.29) is 6.61 Å². The zero-order chi connectivity index (χ0) is 27.1. The molecule has 1 rings (SSSR count). The Morgan fingerprint density at radius 2 is 1.25 bits per heavy atom. The van der Waals surface area contributed by atoms with Crippen molar-refractivity contribution < 1.29 is 13.5 Å². The number of benzene rings is 1. The molecular weight excluding hydrogens is 464 g/mol. The highest BCUT2D eigenvalue weighted by atomic mass is 32.2. The number of aliphatic hydroxyl groups is 1. The summed E-state index contributed by atoms with van der Waals surface area (Å²) in [5.41, 5.74) is 7.02. The van der Waals surface area contributed by atoms with Crippen LogP contribution in [0.3, 0.4) is 0 Å². The first-order chi connectivity index (χ1) is 17.0. The molecule has 1 aromatic rings. The summed E-state index contributed by atoms with van der Waals surface area (Å²) in [7, 11) is -3.49. The lowest BCUT2D eigenvalue weighted by Gasteiger charge is -2.18. The van der Waals surface area contributed by atoms with Crippen LogP contribution in [-0.2, 0) is 9.84 Å². The van der Waals surface area contributed by atoms with Gasteiger partial charge in [0, 0.05) is 0 Å². The SMILES string of the molecule is CC(C)=CCC/C(C)=C/CC(C(C)=CCCC(C)=CCCC(C)=CCO)S(=O)(=O)c1ccc(C)cc1. The van der Waals surface area contributed by atoms with E-state index in [0.717, 1.165) is 49.7 Å². The van der Waals surface area contributed by atoms with Crippen molar-refractivity contribution in [1.29, 1.82) is 0 Å². The van der Waals surface area contributed by atoms with E-state index in [9.17, 15) is 8.42 Å². The highest BCUT2D eigenvalue weighted by Gasteiger charge is 2.28. The molecule has 0 aliphatic carbocycles. The van der Waals surface area contributed by atoms with E-state index in [1.165, 1.54) is 22.3 Å². The molecule has 0 aromatic heterocycles. The number of aliphatic hydroxyl groups excluding tert-OH is 1. The molecule has 0 spiro atoms. The Balaban J connectivity index is 3.01. The largest absolute Gasteiger partial charge is 0.392 e. The standard InChI is InChI=1S/C32H48O3S/c1-25(2)11-8-12-27(4)19-22-32(36(34,35)31-20-17-29(6)18-21-31)30(7)16-10-15-26(3)13-9-14-28(5)23-24-33/h11,13,16-21,23,32-33H,8-10,12,14-15,22,24H2,1-7H3/b26-13?,27-19+,28-23?,30-16?. The molecule has 0 fully saturated rings. The highest BCUT2D eigenvalue weighted by molar-refractivity contribution is 7.92. The van der Waals surface area contributed by atoms with Crippen LogP contribution in [-0.4, -0.2) is 25.4 Å². The first-order valence-corrected chi connectivity index (χ1v) is 14.7. The van der Waals surface area contributed by atoms with Crippen molar-refractivity contribution in [2.24, 2.45) is 0 Å². The fourth-order valence-electron chi connectivity index (χ4n) is 4.01. The summed E-state index contributed by atoms with van der Waals surface area (Å²) in [5, 5.41) is 8.42. The van der Waals surface area contributed by atoms with Gasteiger partial charge in [-0.25, -0.2) is 8.42 Å². The molecule has 0 saturated carbocycles. The minimum atomic E-state index is -3.49. The number of hydrogen-bond acceptors (Lipinski definition) is 3. The average molecular weight is 513 g/mol. The van der Waals surface area contributed by atoms with Crippen molar-refractivity contribution >= 4 is 9.84 Å². The van der Waals surface area contributed by atoms with Gasteiger partial charge in [0.2, 0.25) is 0 Å². The van der Waals surface area contributed by atoms with E-state index in [0.29, 0.717) is 11.3 Å². The van der Waals surface area contributed by atoms with Crippen LogP contribution in [0.25, 0.3) is 0 Å². The Kier molecular flexibility index (Phi) is 14.6. The molecule has 1 atom stereocenters. The molecule has 0 aliphatic heterocycles. The summed E-state index contributed by atoms with van der Waals surface area (Å²) in [4.78, 5) is 0.392. The van der Waals surface area contributed by atoms with Gasteiger partial charge in [0.1, 0.15) is 0 Å². The maximum atomic E-state index is 13.6. The zero-order valence-electron chi connectivity index (χ0n) is 23.6. The maximum absolute atomic E-state index is 13.6. The molecule has 0 heterocycles. The summed E-state index contributed by atoms with van der Waals surface area (Å²) >= 11 is 0. The topological polar surface area (TPSA) is 54.4 Å². The number of hydrogen-bond donors (Lipinski definition) is 1. The van der Waals surface area contributed by atoms with E-state index >= 15 is 0 Å². The normalized spacial score (nSPS) is 14.7. The first-order valence-electron chi connectivity index (χ1n) is 13.2. The molecule has 0 radical (unpaired) electrons. The third-order valence-electron chi connectivity index (χ3n) is 6.48. The molecule has 0 aliphatic rings. The fraction of sp³-hybridized carbons (Fsp3) is 0.500. The predicted molar refractivity (Wildman–Crippen MR) is 156 cm³/mol. The molecule has 200 valence electrons. The van der Waals surface area contributed by atoms with Crippen molar-refractivity contribution in [3.63, 3.8) is 0 Å². The van der Waals surface area contributed by atoms with E-state index in [1.54, 1.807) is 12.1 Å². The van der Waals surface area contributed by atoms with Crippen molar-refractivity contribution in [2.75, 3.05) is 6.61 Å². The van der Waals surface area contributed by atoms with Crippen molar-refractivity contribution in [2.45, 2.75) is 104 Å². The summed E-state index contributed by atoms with van der Waals surface area (Å²) in [6.45, 7) is 14.5. The second kappa shape index (κ2) is 16.6. The molecule has 1 N–H and O–H groups in total. The van der Waals surface area contributed by atoms with Gasteiger partial charge in [-0.15, -0.1) is 0 Å². The second-order valence-corrected chi connectivity index (χ2v) is 12.4. The highest BCUT2D eigenvalue weighted by Crippen LogP contribution is 2.26. The van der Waals surface area contributed by atoms with Crippen LogP contribution in [0.4, 0.5) is 0 Å². The van der Waals surface area contributed by atoms with Crippen LogP contribution in [0.15, 0.2) is 87.4 Å². The number of rotatable bonds is 15. The minimum absolute atomic E-state index is 0.0927. The first kappa shape index (κ1) is 31.9. The van der Waals surface area contributed by atoms with Gasteiger partial charge in [0.05, 0.1) is 16.8 Å².